The Morgan fingerprint density at radius 3 is 2.59 bits per heavy atom. The van der Waals surface area contributed by atoms with Gasteiger partial charge < -0.3 is 14.4 Å². The van der Waals surface area contributed by atoms with Gasteiger partial charge in [0, 0.05) is 44.4 Å². The Labute approximate surface area is 188 Å². The molecule has 0 aliphatic carbocycles. The minimum Gasteiger partial charge on any atom is -0.477 e. The Kier molecular flexibility index (Phi) is 5.86. The van der Waals surface area contributed by atoms with E-state index >= 15 is 0 Å². The number of aromatic nitrogens is 2. The number of amides is 1. The van der Waals surface area contributed by atoms with Crippen molar-refractivity contribution in [1.29, 1.82) is 0 Å². The summed E-state index contributed by atoms with van der Waals surface area (Å²) < 4.78 is 11.4. The van der Waals surface area contributed by atoms with Gasteiger partial charge >= 0.3 is 0 Å². The van der Waals surface area contributed by atoms with Crippen LogP contribution in [0.5, 0.6) is 5.88 Å². The van der Waals surface area contributed by atoms with Gasteiger partial charge in [-0.25, -0.2) is 4.98 Å². The van der Waals surface area contributed by atoms with E-state index in [1.807, 2.05) is 30.2 Å². The van der Waals surface area contributed by atoms with E-state index < -0.39 is 0 Å². The van der Waals surface area contributed by atoms with Crippen LogP contribution < -0.4 is 4.74 Å². The first-order valence-corrected chi connectivity index (χ1v) is 11.2. The van der Waals surface area contributed by atoms with E-state index in [1.54, 1.807) is 6.20 Å². The highest BCUT2D eigenvalue weighted by molar-refractivity contribution is 6.00. The molecule has 6 heteroatoms. The quantitative estimate of drug-likeness (QED) is 0.581. The predicted octanol–water partition coefficient (Wildman–Crippen LogP) is 4.41. The van der Waals surface area contributed by atoms with Gasteiger partial charge in [0.25, 0.3) is 5.91 Å². The molecule has 1 fully saturated rings. The van der Waals surface area contributed by atoms with Crippen molar-refractivity contribution in [2.75, 3.05) is 19.8 Å². The molecule has 3 aromatic rings. The third-order valence-electron chi connectivity index (χ3n) is 6.22. The van der Waals surface area contributed by atoms with Crippen molar-refractivity contribution in [1.82, 2.24) is 14.9 Å². The molecular formula is C26H27N3O3. The number of carbonyl (C=O) groups excluding carboxylic acids is 1. The number of aryl methyl sites for hydroxylation is 1. The van der Waals surface area contributed by atoms with Gasteiger partial charge in [-0.1, -0.05) is 24.3 Å². The van der Waals surface area contributed by atoms with Gasteiger partial charge in [-0.2, -0.15) is 0 Å². The Balaban J connectivity index is 1.26. The Bertz CT molecular complexity index is 1110. The second-order valence-corrected chi connectivity index (χ2v) is 8.56. The summed E-state index contributed by atoms with van der Waals surface area (Å²) in [6, 6.07) is 14.4. The van der Waals surface area contributed by atoms with Crippen LogP contribution in [0, 0.1) is 12.8 Å². The fourth-order valence-corrected chi connectivity index (χ4v) is 4.37. The number of rotatable bonds is 6. The van der Waals surface area contributed by atoms with Gasteiger partial charge in [0.1, 0.15) is 5.56 Å². The van der Waals surface area contributed by atoms with Crippen LogP contribution in [0.4, 0.5) is 0 Å². The number of carbonyl (C=O) groups is 1. The maximum Gasteiger partial charge on any atom is 0.260 e. The highest BCUT2D eigenvalue weighted by Crippen LogP contribution is 2.31. The van der Waals surface area contributed by atoms with E-state index in [-0.39, 0.29) is 5.91 Å². The summed E-state index contributed by atoms with van der Waals surface area (Å²) in [6.45, 7) is 5.26. The molecule has 2 aliphatic rings. The fourth-order valence-electron chi connectivity index (χ4n) is 4.37. The number of benzene rings is 1. The van der Waals surface area contributed by atoms with Crippen LogP contribution >= 0.6 is 0 Å². The van der Waals surface area contributed by atoms with E-state index in [9.17, 15) is 4.79 Å². The SMILES string of the molecule is Cc1cc(-c2ccc(CN3Cc4ccnc(OCC5CCOCC5)c4C3=O)cc2)ccn1. The topological polar surface area (TPSA) is 64.6 Å². The smallest absolute Gasteiger partial charge is 0.260 e. The number of hydrogen-bond acceptors (Lipinski definition) is 5. The maximum atomic E-state index is 13.2. The summed E-state index contributed by atoms with van der Waals surface area (Å²) >= 11 is 0. The monoisotopic (exact) mass is 429 g/mol. The largest absolute Gasteiger partial charge is 0.477 e. The van der Waals surface area contributed by atoms with Crippen molar-refractivity contribution in [2.24, 2.45) is 5.92 Å². The number of fused-ring (bicyclic) bond motifs is 1. The molecule has 0 atom stereocenters. The normalized spacial score (nSPS) is 16.3. The molecule has 1 saturated heterocycles. The number of nitrogens with zero attached hydrogens (tertiary/aromatic N) is 3. The summed E-state index contributed by atoms with van der Waals surface area (Å²) in [4.78, 5) is 23.7. The average molecular weight is 430 g/mol. The van der Waals surface area contributed by atoms with Crippen molar-refractivity contribution in [2.45, 2.75) is 32.9 Å². The predicted molar refractivity (Wildman–Crippen MR) is 121 cm³/mol. The Morgan fingerprint density at radius 2 is 1.81 bits per heavy atom. The summed E-state index contributed by atoms with van der Waals surface area (Å²) in [5.74, 6) is 0.908. The highest BCUT2D eigenvalue weighted by atomic mass is 16.5. The molecule has 2 aromatic heterocycles. The molecule has 0 spiro atoms. The Hall–Kier alpha value is -3.25. The molecule has 32 heavy (non-hydrogen) atoms. The van der Waals surface area contributed by atoms with Crippen molar-refractivity contribution in [3.8, 4) is 17.0 Å². The number of hydrogen-bond donors (Lipinski definition) is 0. The van der Waals surface area contributed by atoms with Crippen LogP contribution in [0.3, 0.4) is 0 Å². The van der Waals surface area contributed by atoms with E-state index in [0.29, 0.717) is 37.1 Å². The van der Waals surface area contributed by atoms with Gasteiger partial charge in [-0.3, -0.25) is 9.78 Å². The zero-order chi connectivity index (χ0) is 21.9. The molecule has 0 unspecified atom stereocenters. The maximum absolute atomic E-state index is 13.2. The van der Waals surface area contributed by atoms with Gasteiger partial charge in [-0.15, -0.1) is 0 Å². The summed E-state index contributed by atoms with van der Waals surface area (Å²) in [7, 11) is 0. The molecule has 5 rings (SSSR count). The molecule has 0 radical (unpaired) electrons. The van der Waals surface area contributed by atoms with Crippen LogP contribution in [0.25, 0.3) is 11.1 Å². The zero-order valence-electron chi connectivity index (χ0n) is 18.3. The molecule has 0 saturated carbocycles. The first-order chi connectivity index (χ1) is 15.7. The molecule has 164 valence electrons. The summed E-state index contributed by atoms with van der Waals surface area (Å²) in [6.07, 6.45) is 5.54. The van der Waals surface area contributed by atoms with Crippen molar-refractivity contribution in [3.63, 3.8) is 0 Å². The molecule has 1 aromatic carbocycles. The van der Waals surface area contributed by atoms with E-state index in [2.05, 4.69) is 40.3 Å². The minimum absolute atomic E-state index is 0.0103. The van der Waals surface area contributed by atoms with Crippen LogP contribution in [-0.4, -0.2) is 40.6 Å². The summed E-state index contributed by atoms with van der Waals surface area (Å²) in [5, 5.41) is 0. The lowest BCUT2D eigenvalue weighted by atomic mass is 10.0. The van der Waals surface area contributed by atoms with Crippen molar-refractivity contribution in [3.05, 3.63) is 77.2 Å². The second-order valence-electron chi connectivity index (χ2n) is 8.56. The average Bonchev–Trinajstić information content (AvgIpc) is 3.14. The number of pyridine rings is 2. The minimum atomic E-state index is -0.0103. The van der Waals surface area contributed by atoms with E-state index in [4.69, 9.17) is 9.47 Å². The number of ether oxygens (including phenoxy) is 2. The van der Waals surface area contributed by atoms with Crippen LogP contribution in [0.1, 0.15) is 40.0 Å². The van der Waals surface area contributed by atoms with Gasteiger partial charge in [0.15, 0.2) is 0 Å². The van der Waals surface area contributed by atoms with Crippen molar-refractivity contribution >= 4 is 5.91 Å². The summed E-state index contributed by atoms with van der Waals surface area (Å²) in [5.41, 5.74) is 5.97. The Morgan fingerprint density at radius 1 is 1.03 bits per heavy atom. The van der Waals surface area contributed by atoms with Gasteiger partial charge in [0.2, 0.25) is 5.88 Å². The third-order valence-corrected chi connectivity index (χ3v) is 6.22. The van der Waals surface area contributed by atoms with Gasteiger partial charge in [-0.05, 0) is 66.1 Å². The molecule has 1 amide bonds. The first-order valence-electron chi connectivity index (χ1n) is 11.2. The standard InChI is InChI=1S/C26H27N3O3/c1-18-14-22(6-10-27-18)21-4-2-19(3-5-21)15-29-16-23-7-11-28-25(24(23)26(29)30)32-17-20-8-12-31-13-9-20/h2-7,10-11,14,20H,8-9,12-13,15-17H2,1H3. The second kappa shape index (κ2) is 9.09. The van der Waals surface area contributed by atoms with Crippen LogP contribution in [0.15, 0.2) is 54.9 Å². The highest BCUT2D eigenvalue weighted by Gasteiger charge is 2.32. The molecule has 6 nitrogen and oxygen atoms in total. The lowest BCUT2D eigenvalue weighted by molar-refractivity contribution is 0.0486. The van der Waals surface area contributed by atoms with Crippen molar-refractivity contribution < 1.29 is 14.3 Å². The molecular weight excluding hydrogens is 402 g/mol. The molecule has 2 aliphatic heterocycles. The first kappa shape index (κ1) is 20.6. The lowest BCUT2D eigenvalue weighted by Crippen LogP contribution is -2.24. The van der Waals surface area contributed by atoms with Gasteiger partial charge in [0.05, 0.1) is 6.61 Å². The zero-order valence-corrected chi connectivity index (χ0v) is 18.3. The van der Waals surface area contributed by atoms with Crippen LogP contribution in [0.2, 0.25) is 0 Å². The molecule has 0 bridgehead atoms. The van der Waals surface area contributed by atoms with E-state index in [1.165, 1.54) is 0 Å². The van der Waals surface area contributed by atoms with E-state index in [0.717, 1.165) is 54.0 Å². The van der Waals surface area contributed by atoms with Crippen LogP contribution in [-0.2, 0) is 17.8 Å². The lowest BCUT2D eigenvalue weighted by Gasteiger charge is -2.22. The molecule has 0 N–H and O–H groups in total. The molecule has 4 heterocycles. The fraction of sp³-hybridized carbons (Fsp3) is 0.346. The third kappa shape index (κ3) is 4.36.